The lowest BCUT2D eigenvalue weighted by Gasteiger charge is -2.49. The Morgan fingerprint density at radius 2 is 1.77 bits per heavy atom. The molecule has 2 aliphatic carbocycles. The van der Waals surface area contributed by atoms with Gasteiger partial charge in [0.1, 0.15) is 23.0 Å². The largest absolute Gasteiger partial charge is 0.508 e. The zero-order valence-corrected chi connectivity index (χ0v) is 32.2. The SMILES string of the molecule is COc1ccc(O)c([C@H]2C3=CC[C@@H]4C(=O)N(c5cccc(C(=O)O)c5)C(=O)[C@@H]4[C@@H]3C[C@H]3C(=O)N(c4cc(-c5sc6ccc(Cl)cc6c5C)nn4C)C(=O)[C@@]23C)c1. The summed E-state index contributed by atoms with van der Waals surface area (Å²) in [5, 5.41) is 27.5. The van der Waals surface area contributed by atoms with E-state index in [1.165, 1.54) is 58.4 Å². The highest BCUT2D eigenvalue weighted by Gasteiger charge is 2.68. The molecule has 9 rings (SSSR count). The van der Waals surface area contributed by atoms with Gasteiger partial charge in [0.05, 0.1) is 46.4 Å². The highest BCUT2D eigenvalue weighted by Crippen LogP contribution is 2.64. The molecule has 12 nitrogen and oxygen atoms in total. The first-order valence-corrected chi connectivity index (χ1v) is 19.3. The van der Waals surface area contributed by atoms with Crippen molar-refractivity contribution in [3.05, 3.63) is 100 Å². The molecule has 56 heavy (non-hydrogen) atoms. The zero-order chi connectivity index (χ0) is 39.5. The Kier molecular flexibility index (Phi) is 8.08. The Labute approximate surface area is 329 Å². The number of rotatable bonds is 6. The first-order valence-electron chi connectivity index (χ1n) is 18.1. The maximum absolute atomic E-state index is 15.1. The van der Waals surface area contributed by atoms with Crippen LogP contribution in [0.2, 0.25) is 5.02 Å². The summed E-state index contributed by atoms with van der Waals surface area (Å²) in [6.45, 7) is 3.72. The van der Waals surface area contributed by atoms with Crippen molar-refractivity contribution in [1.29, 1.82) is 0 Å². The van der Waals surface area contributed by atoms with Crippen LogP contribution >= 0.6 is 22.9 Å². The van der Waals surface area contributed by atoms with E-state index in [2.05, 4.69) is 0 Å². The third-order valence-corrected chi connectivity index (χ3v) is 13.9. The van der Waals surface area contributed by atoms with Gasteiger partial charge in [0.15, 0.2) is 0 Å². The van der Waals surface area contributed by atoms with Crippen LogP contribution in [-0.2, 0) is 26.2 Å². The maximum Gasteiger partial charge on any atom is 0.335 e. The number of ether oxygens (including phenoxy) is 1. The van der Waals surface area contributed by atoms with E-state index >= 15 is 4.79 Å². The van der Waals surface area contributed by atoms with E-state index in [9.17, 15) is 29.4 Å². The highest BCUT2D eigenvalue weighted by atomic mass is 35.5. The number of nitrogens with zero attached hydrogens (tertiary/aromatic N) is 4. The highest BCUT2D eigenvalue weighted by molar-refractivity contribution is 7.22. The van der Waals surface area contributed by atoms with Gasteiger partial charge in [0.25, 0.3) is 0 Å². The number of methoxy groups -OCH3 is 1. The number of amides is 4. The van der Waals surface area contributed by atoms with Gasteiger partial charge in [-0.25, -0.2) is 9.69 Å². The number of aryl methyl sites for hydroxylation is 2. The number of hydrogen-bond acceptors (Lipinski definition) is 9. The predicted octanol–water partition coefficient (Wildman–Crippen LogP) is 7.11. The molecule has 2 N–H and O–H groups in total. The van der Waals surface area contributed by atoms with Gasteiger partial charge in [-0.2, -0.15) is 5.10 Å². The third kappa shape index (κ3) is 4.96. The second-order valence-corrected chi connectivity index (χ2v) is 16.7. The molecule has 4 amide bonds. The summed E-state index contributed by atoms with van der Waals surface area (Å²) in [7, 11) is 3.17. The standard InChI is InChI=1S/C42H35ClN4O8S/c1-19-26-15-21(43)8-13-32(26)56-36(19)30-18-33(45(3)44-30)47-38(50)29-17-27-24(35(42(29,2)41(47)54)28-16-23(55-4)9-12-31(28)48)10-11-25-34(27)39(51)46(37(25)49)22-7-5-6-20(14-22)40(52)53/h5-10,12-16,18,25,27,29,34-35,48H,11,17H2,1-4H3,(H,52,53)/t25-,27+,29-,34-,35+,42+/m0/s1. The van der Waals surface area contributed by atoms with Crippen molar-refractivity contribution in [2.45, 2.75) is 32.6 Å². The predicted molar refractivity (Wildman–Crippen MR) is 209 cm³/mol. The molecule has 0 bridgehead atoms. The number of anilines is 2. The van der Waals surface area contributed by atoms with Gasteiger partial charge >= 0.3 is 5.97 Å². The number of carboxylic acid groups (broad SMARTS) is 1. The number of benzene rings is 3. The molecule has 3 fully saturated rings. The Balaban J connectivity index is 1.16. The Morgan fingerprint density at radius 1 is 0.982 bits per heavy atom. The molecule has 0 spiro atoms. The van der Waals surface area contributed by atoms with Crippen LogP contribution in [0.15, 0.2) is 78.4 Å². The van der Waals surface area contributed by atoms with Crippen molar-refractivity contribution in [3.63, 3.8) is 0 Å². The van der Waals surface area contributed by atoms with Crippen LogP contribution in [0.1, 0.15) is 47.2 Å². The Morgan fingerprint density at radius 3 is 2.52 bits per heavy atom. The molecule has 2 saturated heterocycles. The van der Waals surface area contributed by atoms with Crippen molar-refractivity contribution >= 4 is 74.1 Å². The number of thiophene rings is 1. The summed E-state index contributed by atoms with van der Waals surface area (Å²) in [4.78, 5) is 73.5. The second-order valence-electron chi connectivity index (χ2n) is 15.2. The minimum absolute atomic E-state index is 0.0702. The number of fused-ring (bicyclic) bond motifs is 5. The van der Waals surface area contributed by atoms with Crippen LogP contribution in [0.5, 0.6) is 11.5 Å². The summed E-state index contributed by atoms with van der Waals surface area (Å²) in [5.41, 5.74) is 1.26. The van der Waals surface area contributed by atoms with Crippen LogP contribution in [0.4, 0.5) is 11.5 Å². The number of aromatic hydroxyl groups is 1. The summed E-state index contributed by atoms with van der Waals surface area (Å²) in [6.07, 6.45) is 2.15. The summed E-state index contributed by atoms with van der Waals surface area (Å²) in [5.74, 6) is -6.64. The lowest BCUT2D eigenvalue weighted by atomic mass is 9.51. The van der Waals surface area contributed by atoms with Gasteiger partial charge in [-0.05, 0) is 98.2 Å². The lowest BCUT2D eigenvalue weighted by Crippen LogP contribution is -2.49. The molecular formula is C42H35ClN4O8S. The minimum atomic E-state index is -1.42. The lowest BCUT2D eigenvalue weighted by molar-refractivity contribution is -0.131. The summed E-state index contributed by atoms with van der Waals surface area (Å²) in [6, 6.07) is 17.8. The van der Waals surface area contributed by atoms with E-state index in [0.717, 1.165) is 25.4 Å². The average Bonchev–Trinajstić information content (AvgIpc) is 3.85. The van der Waals surface area contributed by atoms with E-state index < -0.39 is 64.6 Å². The molecule has 2 aliphatic heterocycles. The first kappa shape index (κ1) is 35.9. The van der Waals surface area contributed by atoms with Gasteiger partial charge in [0, 0.05) is 34.3 Å². The molecule has 0 radical (unpaired) electrons. The molecule has 2 aromatic heterocycles. The number of hydrogen-bond donors (Lipinski definition) is 2. The summed E-state index contributed by atoms with van der Waals surface area (Å²) >= 11 is 7.84. The summed E-state index contributed by atoms with van der Waals surface area (Å²) < 4.78 is 8.09. The molecule has 6 atom stereocenters. The first-order chi connectivity index (χ1) is 26.7. The molecule has 0 unspecified atom stereocenters. The van der Waals surface area contributed by atoms with E-state index in [1.807, 2.05) is 31.2 Å². The number of carboxylic acids is 1. The fourth-order valence-corrected chi connectivity index (χ4v) is 11.0. The number of aromatic carboxylic acids is 1. The molecule has 284 valence electrons. The molecular weight excluding hydrogens is 756 g/mol. The fourth-order valence-electron chi connectivity index (χ4n) is 9.72. The van der Waals surface area contributed by atoms with Gasteiger partial charge < -0.3 is 14.9 Å². The normalized spacial score (nSPS) is 25.7. The second kappa shape index (κ2) is 12.6. The van der Waals surface area contributed by atoms with Crippen LogP contribution in [-0.4, -0.2) is 56.7 Å². The number of aromatic nitrogens is 2. The number of imide groups is 2. The smallest absolute Gasteiger partial charge is 0.335 e. The van der Waals surface area contributed by atoms with Crippen LogP contribution in [0.3, 0.4) is 0 Å². The molecule has 4 heterocycles. The topological polar surface area (TPSA) is 159 Å². The minimum Gasteiger partial charge on any atom is -0.508 e. The van der Waals surface area contributed by atoms with Crippen molar-refractivity contribution in [2.75, 3.05) is 16.9 Å². The van der Waals surface area contributed by atoms with Gasteiger partial charge in [-0.3, -0.25) is 28.8 Å². The van der Waals surface area contributed by atoms with Gasteiger partial charge in [0.2, 0.25) is 23.6 Å². The molecule has 1 saturated carbocycles. The van der Waals surface area contributed by atoms with Crippen LogP contribution in [0.25, 0.3) is 20.7 Å². The van der Waals surface area contributed by atoms with E-state index in [0.29, 0.717) is 27.6 Å². The number of carbonyl (C=O) groups excluding carboxylic acids is 4. The molecule has 4 aliphatic rings. The number of allylic oxidation sites excluding steroid dienone is 2. The van der Waals surface area contributed by atoms with Crippen molar-refractivity contribution < 1.29 is 38.9 Å². The van der Waals surface area contributed by atoms with Gasteiger partial charge in [-0.15, -0.1) is 11.3 Å². The number of carbonyl (C=O) groups is 5. The Hall–Kier alpha value is -5.79. The van der Waals surface area contributed by atoms with E-state index in [4.69, 9.17) is 21.4 Å². The van der Waals surface area contributed by atoms with Gasteiger partial charge in [-0.1, -0.05) is 29.3 Å². The quantitative estimate of drug-likeness (QED) is 0.135. The Bertz CT molecular complexity index is 2630. The van der Waals surface area contributed by atoms with E-state index in [-0.39, 0.29) is 35.7 Å². The molecule has 5 aromatic rings. The van der Waals surface area contributed by atoms with Crippen molar-refractivity contribution in [3.8, 4) is 22.1 Å². The molecule has 14 heteroatoms. The van der Waals surface area contributed by atoms with Crippen LogP contribution < -0.4 is 14.5 Å². The van der Waals surface area contributed by atoms with Crippen LogP contribution in [0, 0.1) is 36.0 Å². The van der Waals surface area contributed by atoms with Crippen molar-refractivity contribution in [2.24, 2.45) is 36.1 Å². The average molecular weight is 791 g/mol. The number of phenolic OH excluding ortho intramolecular Hbond substituents is 1. The van der Waals surface area contributed by atoms with E-state index in [1.54, 1.807) is 32.2 Å². The maximum atomic E-state index is 15.1. The van der Waals surface area contributed by atoms with Crippen molar-refractivity contribution in [1.82, 2.24) is 9.78 Å². The molecule has 3 aromatic carbocycles. The monoisotopic (exact) mass is 790 g/mol. The third-order valence-electron chi connectivity index (χ3n) is 12.4. The number of phenols is 1. The zero-order valence-electron chi connectivity index (χ0n) is 30.6. The fraction of sp³-hybridized carbons (Fsp3) is 0.286. The number of halogens is 1.